The van der Waals surface area contributed by atoms with Crippen molar-refractivity contribution in [3.8, 4) is 0 Å². The smallest absolute Gasteiger partial charge is 0.338 e. The van der Waals surface area contributed by atoms with Crippen molar-refractivity contribution in [2.75, 3.05) is 20.3 Å². The number of epoxide rings is 1. The third kappa shape index (κ3) is 1.55. The van der Waals surface area contributed by atoms with Gasteiger partial charge in [0, 0.05) is 13.2 Å². The molecular formula is C12H18O4. The van der Waals surface area contributed by atoms with Crippen LogP contribution in [0, 0.1) is 11.8 Å². The molecule has 4 unspecified atom stereocenters. The van der Waals surface area contributed by atoms with Gasteiger partial charge in [0.05, 0.1) is 7.11 Å². The minimum atomic E-state index is -0.290. The van der Waals surface area contributed by atoms with Crippen LogP contribution in [0.1, 0.15) is 25.7 Å². The summed E-state index contributed by atoms with van der Waals surface area (Å²) in [5, 5.41) is 0. The first-order valence-corrected chi connectivity index (χ1v) is 6.08. The maximum absolute atomic E-state index is 11.4. The lowest BCUT2D eigenvalue weighted by Crippen LogP contribution is -2.38. The second kappa shape index (κ2) is 3.70. The van der Waals surface area contributed by atoms with E-state index >= 15 is 0 Å². The Morgan fingerprint density at radius 2 is 2.25 bits per heavy atom. The van der Waals surface area contributed by atoms with Crippen molar-refractivity contribution in [2.24, 2.45) is 11.8 Å². The van der Waals surface area contributed by atoms with Crippen LogP contribution in [0.5, 0.6) is 0 Å². The molecule has 3 rings (SSSR count). The van der Waals surface area contributed by atoms with Crippen molar-refractivity contribution in [2.45, 2.75) is 37.4 Å². The molecule has 0 amide bonds. The van der Waals surface area contributed by atoms with Crippen molar-refractivity contribution in [3.63, 3.8) is 0 Å². The number of methoxy groups -OCH3 is 1. The zero-order chi connectivity index (χ0) is 11.2. The average molecular weight is 226 g/mol. The largest absolute Gasteiger partial charge is 0.467 e. The molecule has 1 aliphatic carbocycles. The first-order chi connectivity index (χ1) is 7.75. The Balaban J connectivity index is 1.66. The lowest BCUT2D eigenvalue weighted by Gasteiger charge is -2.38. The van der Waals surface area contributed by atoms with Gasteiger partial charge in [-0.15, -0.1) is 0 Å². The van der Waals surface area contributed by atoms with Gasteiger partial charge in [0.25, 0.3) is 0 Å². The number of carbonyl (C=O) groups excluding carboxylic acids is 1. The highest BCUT2D eigenvalue weighted by atomic mass is 16.7. The number of hydrogen-bond acceptors (Lipinski definition) is 4. The Kier molecular flexibility index (Phi) is 2.44. The summed E-state index contributed by atoms with van der Waals surface area (Å²) >= 11 is 0. The SMILES string of the molecule is COC(=O)C1OC12CCC1COCCC1C2. The molecule has 3 aliphatic rings. The van der Waals surface area contributed by atoms with Gasteiger partial charge in [-0.3, -0.25) is 0 Å². The summed E-state index contributed by atoms with van der Waals surface area (Å²) in [7, 11) is 1.43. The van der Waals surface area contributed by atoms with Gasteiger partial charge in [0.1, 0.15) is 5.60 Å². The molecule has 2 saturated heterocycles. The summed E-state index contributed by atoms with van der Waals surface area (Å²) in [6, 6.07) is 0. The van der Waals surface area contributed by atoms with E-state index in [1.807, 2.05) is 0 Å². The summed E-state index contributed by atoms with van der Waals surface area (Å²) in [6.45, 7) is 1.75. The van der Waals surface area contributed by atoms with E-state index in [2.05, 4.69) is 0 Å². The summed E-state index contributed by atoms with van der Waals surface area (Å²) in [5.41, 5.74) is -0.175. The number of esters is 1. The van der Waals surface area contributed by atoms with Gasteiger partial charge in [0.2, 0.25) is 0 Å². The van der Waals surface area contributed by atoms with Gasteiger partial charge in [-0.25, -0.2) is 4.79 Å². The Bertz CT molecular complexity index is 303. The Labute approximate surface area is 95.2 Å². The van der Waals surface area contributed by atoms with Gasteiger partial charge in [-0.1, -0.05) is 0 Å². The van der Waals surface area contributed by atoms with E-state index in [0.29, 0.717) is 11.8 Å². The second-order valence-electron chi connectivity index (χ2n) is 5.21. The van der Waals surface area contributed by atoms with E-state index in [0.717, 1.165) is 38.9 Å². The van der Waals surface area contributed by atoms with Crippen LogP contribution in [0.3, 0.4) is 0 Å². The molecule has 0 aromatic carbocycles. The van der Waals surface area contributed by atoms with E-state index in [4.69, 9.17) is 14.2 Å². The highest BCUT2D eigenvalue weighted by Gasteiger charge is 2.63. The summed E-state index contributed by atoms with van der Waals surface area (Å²) < 4.78 is 15.9. The summed E-state index contributed by atoms with van der Waals surface area (Å²) in [4.78, 5) is 11.4. The van der Waals surface area contributed by atoms with Crippen LogP contribution in [-0.2, 0) is 19.0 Å². The molecule has 90 valence electrons. The molecule has 2 heterocycles. The van der Waals surface area contributed by atoms with E-state index in [1.54, 1.807) is 0 Å². The number of ether oxygens (including phenoxy) is 3. The molecule has 1 spiro atoms. The van der Waals surface area contributed by atoms with E-state index < -0.39 is 0 Å². The van der Waals surface area contributed by atoms with Crippen molar-refractivity contribution in [1.29, 1.82) is 0 Å². The average Bonchev–Trinajstić information content (AvgIpc) is 3.02. The molecule has 16 heavy (non-hydrogen) atoms. The van der Waals surface area contributed by atoms with Crippen molar-refractivity contribution < 1.29 is 19.0 Å². The van der Waals surface area contributed by atoms with Crippen LogP contribution in [0.2, 0.25) is 0 Å². The highest BCUT2D eigenvalue weighted by molar-refractivity contribution is 5.79. The lowest BCUT2D eigenvalue weighted by molar-refractivity contribution is -0.142. The van der Waals surface area contributed by atoms with Gasteiger partial charge in [-0.05, 0) is 37.5 Å². The fourth-order valence-corrected chi connectivity index (χ4v) is 3.32. The standard InChI is InChI=1S/C12H18O4/c1-14-11(13)10-12(16-10)4-2-9-7-15-5-3-8(9)6-12/h8-10H,2-7H2,1H3. The van der Waals surface area contributed by atoms with Crippen molar-refractivity contribution in [1.82, 2.24) is 0 Å². The van der Waals surface area contributed by atoms with E-state index in [9.17, 15) is 4.79 Å². The highest BCUT2D eigenvalue weighted by Crippen LogP contribution is 2.53. The quantitative estimate of drug-likeness (QED) is 0.497. The Hall–Kier alpha value is -0.610. The predicted molar refractivity (Wildman–Crippen MR) is 55.9 cm³/mol. The van der Waals surface area contributed by atoms with Gasteiger partial charge in [0.15, 0.2) is 6.10 Å². The van der Waals surface area contributed by atoms with Gasteiger partial charge < -0.3 is 14.2 Å². The monoisotopic (exact) mass is 226 g/mol. The van der Waals surface area contributed by atoms with Crippen LogP contribution in [0.15, 0.2) is 0 Å². The van der Waals surface area contributed by atoms with Crippen LogP contribution in [0.25, 0.3) is 0 Å². The minimum absolute atomic E-state index is 0.175. The molecule has 0 aromatic rings. The van der Waals surface area contributed by atoms with Gasteiger partial charge >= 0.3 is 5.97 Å². The fraction of sp³-hybridized carbons (Fsp3) is 0.917. The van der Waals surface area contributed by atoms with Crippen molar-refractivity contribution >= 4 is 5.97 Å². The first kappa shape index (κ1) is 10.5. The van der Waals surface area contributed by atoms with Gasteiger partial charge in [-0.2, -0.15) is 0 Å². The lowest BCUT2D eigenvalue weighted by atomic mass is 9.71. The molecular weight excluding hydrogens is 208 g/mol. The van der Waals surface area contributed by atoms with E-state index in [-0.39, 0.29) is 17.7 Å². The van der Waals surface area contributed by atoms with Crippen LogP contribution in [0.4, 0.5) is 0 Å². The van der Waals surface area contributed by atoms with E-state index in [1.165, 1.54) is 7.11 Å². The molecule has 3 fully saturated rings. The van der Waals surface area contributed by atoms with Crippen LogP contribution < -0.4 is 0 Å². The molecule has 0 N–H and O–H groups in total. The molecule has 4 nitrogen and oxygen atoms in total. The zero-order valence-corrected chi connectivity index (χ0v) is 9.61. The summed E-state index contributed by atoms with van der Waals surface area (Å²) in [6.07, 6.45) is 3.95. The Morgan fingerprint density at radius 1 is 1.38 bits per heavy atom. The zero-order valence-electron chi connectivity index (χ0n) is 9.61. The molecule has 4 heteroatoms. The normalized spacial score (nSPS) is 46.2. The number of carbonyl (C=O) groups is 1. The number of fused-ring (bicyclic) bond motifs is 1. The number of rotatable bonds is 1. The minimum Gasteiger partial charge on any atom is -0.467 e. The summed E-state index contributed by atoms with van der Waals surface area (Å²) in [5.74, 6) is 1.16. The first-order valence-electron chi connectivity index (χ1n) is 6.08. The topological polar surface area (TPSA) is 48.1 Å². The molecule has 0 radical (unpaired) electrons. The maximum atomic E-state index is 11.4. The molecule has 1 saturated carbocycles. The second-order valence-corrected chi connectivity index (χ2v) is 5.21. The molecule has 4 atom stereocenters. The third-order valence-corrected chi connectivity index (χ3v) is 4.37. The molecule has 2 aliphatic heterocycles. The number of hydrogen-bond donors (Lipinski definition) is 0. The predicted octanol–water partition coefficient (Wildman–Crippen LogP) is 1.13. The van der Waals surface area contributed by atoms with Crippen molar-refractivity contribution in [3.05, 3.63) is 0 Å². The maximum Gasteiger partial charge on any atom is 0.338 e. The Morgan fingerprint density at radius 3 is 3.06 bits per heavy atom. The molecule has 0 bridgehead atoms. The van der Waals surface area contributed by atoms with Crippen LogP contribution >= 0.6 is 0 Å². The third-order valence-electron chi connectivity index (χ3n) is 4.37. The fourth-order valence-electron chi connectivity index (χ4n) is 3.32. The molecule has 0 aromatic heterocycles. The van der Waals surface area contributed by atoms with Crippen LogP contribution in [-0.4, -0.2) is 38.0 Å².